The molecule has 0 saturated carbocycles. The van der Waals surface area contributed by atoms with Crippen molar-refractivity contribution in [3.63, 3.8) is 0 Å². The van der Waals surface area contributed by atoms with Crippen LogP contribution in [0.3, 0.4) is 0 Å². The first-order chi connectivity index (χ1) is 13.1. The van der Waals surface area contributed by atoms with Crippen molar-refractivity contribution < 1.29 is 22.1 Å². The summed E-state index contributed by atoms with van der Waals surface area (Å²) in [7, 11) is -3.91. The van der Waals surface area contributed by atoms with Crippen molar-refractivity contribution in [3.8, 4) is 17.2 Å². The van der Waals surface area contributed by atoms with Crippen molar-refractivity contribution >= 4 is 10.1 Å². The van der Waals surface area contributed by atoms with Gasteiger partial charge in [-0.15, -0.1) is 0 Å². The van der Waals surface area contributed by atoms with E-state index in [0.717, 1.165) is 5.56 Å². The Morgan fingerprint density at radius 2 is 1.26 bits per heavy atom. The van der Waals surface area contributed by atoms with E-state index >= 15 is 0 Å². The third-order valence-electron chi connectivity index (χ3n) is 3.70. The van der Waals surface area contributed by atoms with Crippen LogP contribution >= 0.6 is 0 Å². The monoisotopic (exact) mass is 384 g/mol. The van der Waals surface area contributed by atoms with Gasteiger partial charge in [0.25, 0.3) is 0 Å². The van der Waals surface area contributed by atoms with E-state index in [2.05, 4.69) is 0 Å². The van der Waals surface area contributed by atoms with Crippen LogP contribution in [0.25, 0.3) is 0 Å². The Balaban J connectivity index is 1.62. The van der Waals surface area contributed by atoms with Gasteiger partial charge < -0.3 is 13.7 Å². The molecule has 0 radical (unpaired) electrons. The van der Waals surface area contributed by atoms with E-state index in [1.54, 1.807) is 36.4 Å². The third-order valence-corrected chi connectivity index (χ3v) is 4.96. The molecule has 0 unspecified atom stereocenters. The molecule has 3 aromatic rings. The number of hydrogen-bond donors (Lipinski definition) is 0. The van der Waals surface area contributed by atoms with Gasteiger partial charge in [-0.2, -0.15) is 8.42 Å². The molecular weight excluding hydrogens is 364 g/mol. The highest BCUT2D eigenvalue weighted by molar-refractivity contribution is 7.87. The van der Waals surface area contributed by atoms with Crippen LogP contribution in [0, 0.1) is 0 Å². The van der Waals surface area contributed by atoms with Gasteiger partial charge in [-0.05, 0) is 61.0 Å². The summed E-state index contributed by atoms with van der Waals surface area (Å²) >= 11 is 0. The van der Waals surface area contributed by atoms with E-state index in [-0.39, 0.29) is 10.6 Å². The number of hydrogen-bond acceptors (Lipinski definition) is 5. The molecule has 0 heterocycles. The summed E-state index contributed by atoms with van der Waals surface area (Å²) in [6, 6.07) is 22.4. The second-order valence-corrected chi connectivity index (χ2v) is 7.23. The smallest absolute Gasteiger partial charge is 0.339 e. The lowest BCUT2D eigenvalue weighted by Gasteiger charge is -2.10. The average Bonchev–Trinajstić information content (AvgIpc) is 2.69. The minimum atomic E-state index is -3.91. The highest BCUT2D eigenvalue weighted by Gasteiger charge is 2.16. The first-order valence-corrected chi connectivity index (χ1v) is 9.92. The third kappa shape index (κ3) is 5.24. The van der Waals surface area contributed by atoms with Gasteiger partial charge in [0, 0.05) is 0 Å². The van der Waals surface area contributed by atoms with Gasteiger partial charge in [0.05, 0.1) is 6.61 Å². The second-order valence-electron chi connectivity index (χ2n) is 5.69. The van der Waals surface area contributed by atoms with Crippen LogP contribution in [-0.2, 0) is 16.7 Å². The van der Waals surface area contributed by atoms with Crippen LogP contribution in [0.1, 0.15) is 12.5 Å². The van der Waals surface area contributed by atoms with E-state index in [9.17, 15) is 8.42 Å². The predicted molar refractivity (Wildman–Crippen MR) is 103 cm³/mol. The molecule has 3 aromatic carbocycles. The fraction of sp³-hybridized carbons (Fsp3) is 0.143. The zero-order chi connectivity index (χ0) is 19.1. The molecule has 0 atom stereocenters. The van der Waals surface area contributed by atoms with Crippen molar-refractivity contribution in [3.05, 3.63) is 84.4 Å². The molecule has 0 aliphatic carbocycles. The fourth-order valence-corrected chi connectivity index (χ4v) is 3.31. The van der Waals surface area contributed by atoms with Crippen LogP contribution in [0.5, 0.6) is 17.2 Å². The molecule has 0 amide bonds. The van der Waals surface area contributed by atoms with Gasteiger partial charge in [0.2, 0.25) is 0 Å². The largest absolute Gasteiger partial charge is 0.494 e. The maximum absolute atomic E-state index is 12.4. The predicted octanol–water partition coefficient (Wildman–Crippen LogP) is 4.43. The van der Waals surface area contributed by atoms with E-state index in [1.165, 1.54) is 12.1 Å². The lowest BCUT2D eigenvalue weighted by atomic mass is 10.2. The highest BCUT2D eigenvalue weighted by Crippen LogP contribution is 2.23. The topological polar surface area (TPSA) is 61.8 Å². The lowest BCUT2D eigenvalue weighted by Crippen LogP contribution is -2.09. The number of benzene rings is 3. The minimum Gasteiger partial charge on any atom is -0.494 e. The molecule has 0 saturated heterocycles. The summed E-state index contributed by atoms with van der Waals surface area (Å²) in [6.45, 7) is 2.81. The number of ether oxygens (including phenoxy) is 2. The molecule has 0 aliphatic rings. The summed E-state index contributed by atoms with van der Waals surface area (Å²) in [5, 5.41) is 0. The van der Waals surface area contributed by atoms with Crippen LogP contribution in [-0.4, -0.2) is 15.0 Å². The molecule has 0 N–H and O–H groups in total. The van der Waals surface area contributed by atoms with Crippen molar-refractivity contribution in [2.24, 2.45) is 0 Å². The van der Waals surface area contributed by atoms with Crippen LogP contribution < -0.4 is 13.7 Å². The van der Waals surface area contributed by atoms with E-state index in [1.807, 2.05) is 37.3 Å². The molecule has 140 valence electrons. The van der Waals surface area contributed by atoms with E-state index in [0.29, 0.717) is 24.7 Å². The van der Waals surface area contributed by atoms with E-state index in [4.69, 9.17) is 13.7 Å². The van der Waals surface area contributed by atoms with Gasteiger partial charge in [-0.1, -0.05) is 30.3 Å². The Morgan fingerprint density at radius 3 is 1.89 bits per heavy atom. The van der Waals surface area contributed by atoms with Gasteiger partial charge in [-0.25, -0.2) is 0 Å². The van der Waals surface area contributed by atoms with Gasteiger partial charge in [0.15, 0.2) is 0 Å². The molecule has 0 fully saturated rings. The number of rotatable bonds is 8. The summed E-state index contributed by atoms with van der Waals surface area (Å²) in [5.74, 6) is 1.46. The molecule has 27 heavy (non-hydrogen) atoms. The van der Waals surface area contributed by atoms with E-state index < -0.39 is 10.1 Å². The van der Waals surface area contributed by atoms with Crippen molar-refractivity contribution in [2.45, 2.75) is 18.4 Å². The lowest BCUT2D eigenvalue weighted by molar-refractivity contribution is 0.306. The highest BCUT2D eigenvalue weighted by atomic mass is 32.2. The Labute approximate surface area is 159 Å². The molecule has 0 aliphatic heterocycles. The minimum absolute atomic E-state index is 0.0651. The Hall–Kier alpha value is -2.99. The van der Waals surface area contributed by atoms with Gasteiger partial charge >= 0.3 is 10.1 Å². The summed E-state index contributed by atoms with van der Waals surface area (Å²) in [6.07, 6.45) is 0. The molecule has 5 nitrogen and oxygen atoms in total. The first kappa shape index (κ1) is 18.8. The Bertz CT molecular complexity index is 950. The molecule has 0 spiro atoms. The molecule has 0 bridgehead atoms. The second kappa shape index (κ2) is 8.60. The molecule has 3 rings (SSSR count). The fourth-order valence-electron chi connectivity index (χ4n) is 2.38. The first-order valence-electron chi connectivity index (χ1n) is 8.51. The van der Waals surface area contributed by atoms with Gasteiger partial charge in [0.1, 0.15) is 28.8 Å². The van der Waals surface area contributed by atoms with Crippen LogP contribution in [0.15, 0.2) is 83.8 Å². The van der Waals surface area contributed by atoms with Crippen LogP contribution in [0.4, 0.5) is 0 Å². The van der Waals surface area contributed by atoms with Crippen molar-refractivity contribution in [1.82, 2.24) is 0 Å². The summed E-state index contributed by atoms with van der Waals surface area (Å²) in [4.78, 5) is 0.0651. The zero-order valence-electron chi connectivity index (χ0n) is 14.9. The average molecular weight is 384 g/mol. The maximum atomic E-state index is 12.4. The maximum Gasteiger partial charge on any atom is 0.339 e. The van der Waals surface area contributed by atoms with Crippen LogP contribution in [0.2, 0.25) is 0 Å². The standard InChI is InChI=1S/C21H20O5S/c1-2-24-18-12-14-21(15-13-18)27(22,23)26-20-10-8-19(9-11-20)25-16-17-6-4-3-5-7-17/h3-15H,2,16H2,1H3. The van der Waals surface area contributed by atoms with Crippen molar-refractivity contribution in [1.29, 1.82) is 0 Å². The van der Waals surface area contributed by atoms with Crippen molar-refractivity contribution in [2.75, 3.05) is 6.61 Å². The Morgan fingerprint density at radius 1 is 0.704 bits per heavy atom. The molecule has 6 heteroatoms. The normalized spacial score (nSPS) is 11.0. The molecular formula is C21H20O5S. The zero-order valence-corrected chi connectivity index (χ0v) is 15.7. The molecule has 0 aromatic heterocycles. The summed E-state index contributed by atoms with van der Waals surface area (Å²) in [5.41, 5.74) is 1.05. The SMILES string of the molecule is CCOc1ccc(S(=O)(=O)Oc2ccc(OCc3ccccc3)cc2)cc1. The Kier molecular flexibility index (Phi) is 5.98. The van der Waals surface area contributed by atoms with Gasteiger partial charge in [-0.3, -0.25) is 0 Å². The summed E-state index contributed by atoms with van der Waals surface area (Å²) < 4.78 is 40.9. The quantitative estimate of drug-likeness (QED) is 0.538.